The van der Waals surface area contributed by atoms with Gasteiger partial charge in [0.2, 0.25) is 0 Å². The molecule has 1 aromatic heterocycles. The Morgan fingerprint density at radius 1 is 1.25 bits per heavy atom. The van der Waals surface area contributed by atoms with Crippen LogP contribution in [-0.2, 0) is 6.42 Å². The third-order valence-corrected chi connectivity index (χ3v) is 5.08. The first-order chi connectivity index (χ1) is 9.60. The van der Waals surface area contributed by atoms with Crippen LogP contribution in [0.25, 0.3) is 0 Å². The summed E-state index contributed by atoms with van der Waals surface area (Å²) in [6.07, 6.45) is 2.21. The molecule has 1 N–H and O–H groups in total. The van der Waals surface area contributed by atoms with Gasteiger partial charge in [0.1, 0.15) is 0 Å². The van der Waals surface area contributed by atoms with Gasteiger partial charge in [-0.05, 0) is 77.3 Å². The van der Waals surface area contributed by atoms with E-state index >= 15 is 0 Å². The Bertz CT molecular complexity index is 562. The quantitative estimate of drug-likeness (QED) is 0.733. The van der Waals surface area contributed by atoms with Crippen molar-refractivity contribution in [2.45, 2.75) is 39.7 Å². The van der Waals surface area contributed by atoms with Crippen LogP contribution in [0.5, 0.6) is 0 Å². The molecule has 1 unspecified atom stereocenters. The fraction of sp³-hybridized carbons (Fsp3) is 0.412. The highest BCUT2D eigenvalue weighted by atomic mass is 79.9. The number of rotatable bonds is 6. The lowest BCUT2D eigenvalue weighted by Crippen LogP contribution is -2.24. The van der Waals surface area contributed by atoms with E-state index in [0.717, 1.165) is 19.4 Å². The summed E-state index contributed by atoms with van der Waals surface area (Å²) in [4.78, 5) is 0. The number of benzene rings is 1. The number of halogens is 1. The van der Waals surface area contributed by atoms with E-state index in [1.807, 2.05) is 0 Å². The molecule has 108 valence electrons. The maximum atomic E-state index is 3.68. The van der Waals surface area contributed by atoms with Gasteiger partial charge < -0.3 is 5.32 Å². The summed E-state index contributed by atoms with van der Waals surface area (Å²) in [7, 11) is 0. The molecule has 2 rings (SSSR count). The highest BCUT2D eigenvalue weighted by Crippen LogP contribution is 2.28. The molecule has 0 saturated carbocycles. The highest BCUT2D eigenvalue weighted by Gasteiger charge is 2.14. The van der Waals surface area contributed by atoms with Gasteiger partial charge in [-0.3, -0.25) is 0 Å². The van der Waals surface area contributed by atoms with E-state index in [2.05, 4.69) is 71.7 Å². The third-order valence-electron chi connectivity index (χ3n) is 3.56. The standard InChI is InChI=1S/C17H22BrNS/c1-4-7-19-16(15-10-17(18)20-11-15)9-14-8-12(2)5-6-13(14)3/h5-6,8,10-11,16,19H,4,7,9H2,1-3H3. The summed E-state index contributed by atoms with van der Waals surface area (Å²) < 4.78 is 1.21. The van der Waals surface area contributed by atoms with Crippen molar-refractivity contribution >= 4 is 27.3 Å². The fourth-order valence-electron chi connectivity index (χ4n) is 2.37. The minimum absolute atomic E-state index is 0.401. The molecule has 0 fully saturated rings. The first kappa shape index (κ1) is 15.7. The van der Waals surface area contributed by atoms with Crippen LogP contribution in [0.2, 0.25) is 0 Å². The predicted octanol–water partition coefficient (Wildman–Crippen LogP) is 5.41. The predicted molar refractivity (Wildman–Crippen MR) is 92.7 cm³/mol. The van der Waals surface area contributed by atoms with E-state index in [1.54, 1.807) is 11.3 Å². The van der Waals surface area contributed by atoms with Crippen LogP contribution in [0.1, 0.15) is 41.6 Å². The molecule has 0 aliphatic heterocycles. The number of aryl methyl sites for hydroxylation is 2. The Hall–Kier alpha value is -0.640. The first-order valence-corrected chi connectivity index (χ1v) is 8.81. The van der Waals surface area contributed by atoms with E-state index in [9.17, 15) is 0 Å². The molecule has 0 aliphatic rings. The van der Waals surface area contributed by atoms with Gasteiger partial charge in [-0.15, -0.1) is 11.3 Å². The lowest BCUT2D eigenvalue weighted by atomic mass is 9.96. The summed E-state index contributed by atoms with van der Waals surface area (Å²) >= 11 is 5.33. The van der Waals surface area contributed by atoms with Gasteiger partial charge >= 0.3 is 0 Å². The number of thiophene rings is 1. The number of nitrogens with one attached hydrogen (secondary N) is 1. The van der Waals surface area contributed by atoms with Crippen LogP contribution in [0, 0.1) is 13.8 Å². The van der Waals surface area contributed by atoms with Crippen LogP contribution in [0.4, 0.5) is 0 Å². The van der Waals surface area contributed by atoms with Crippen molar-refractivity contribution in [1.29, 1.82) is 0 Å². The summed E-state index contributed by atoms with van der Waals surface area (Å²) in [5.74, 6) is 0. The summed E-state index contributed by atoms with van der Waals surface area (Å²) in [6.45, 7) is 7.64. The topological polar surface area (TPSA) is 12.0 Å². The Labute approximate surface area is 134 Å². The number of hydrogen-bond donors (Lipinski definition) is 1. The maximum Gasteiger partial charge on any atom is 0.0701 e. The van der Waals surface area contributed by atoms with Crippen molar-refractivity contribution in [3.63, 3.8) is 0 Å². The molecule has 1 aromatic carbocycles. The zero-order valence-electron chi connectivity index (χ0n) is 12.4. The summed E-state index contributed by atoms with van der Waals surface area (Å²) in [5.41, 5.74) is 5.55. The van der Waals surface area contributed by atoms with E-state index in [-0.39, 0.29) is 0 Å². The monoisotopic (exact) mass is 351 g/mol. The second kappa shape index (κ2) is 7.39. The summed E-state index contributed by atoms with van der Waals surface area (Å²) in [5, 5.41) is 5.93. The van der Waals surface area contributed by atoms with Crippen molar-refractivity contribution in [2.24, 2.45) is 0 Å². The minimum atomic E-state index is 0.401. The Kier molecular flexibility index (Phi) is 5.82. The molecular formula is C17H22BrNS. The van der Waals surface area contributed by atoms with Crippen molar-refractivity contribution in [1.82, 2.24) is 5.32 Å². The Morgan fingerprint density at radius 3 is 2.70 bits per heavy atom. The molecule has 20 heavy (non-hydrogen) atoms. The smallest absolute Gasteiger partial charge is 0.0701 e. The molecule has 3 heteroatoms. The van der Waals surface area contributed by atoms with Gasteiger partial charge in [-0.25, -0.2) is 0 Å². The van der Waals surface area contributed by atoms with Crippen molar-refractivity contribution in [3.05, 3.63) is 55.7 Å². The molecule has 0 saturated heterocycles. The van der Waals surface area contributed by atoms with Crippen LogP contribution >= 0.6 is 27.3 Å². The average molecular weight is 352 g/mol. The Morgan fingerprint density at radius 2 is 2.05 bits per heavy atom. The largest absolute Gasteiger partial charge is 0.310 e. The molecule has 0 radical (unpaired) electrons. The Balaban J connectivity index is 2.21. The zero-order chi connectivity index (χ0) is 14.5. The van der Waals surface area contributed by atoms with Gasteiger partial charge in [0.05, 0.1) is 3.79 Å². The van der Waals surface area contributed by atoms with Crippen LogP contribution in [-0.4, -0.2) is 6.54 Å². The normalized spacial score (nSPS) is 12.6. The van der Waals surface area contributed by atoms with Gasteiger partial charge in [0, 0.05) is 6.04 Å². The van der Waals surface area contributed by atoms with Gasteiger partial charge in [-0.2, -0.15) is 0 Å². The average Bonchev–Trinajstić information content (AvgIpc) is 2.85. The molecule has 0 amide bonds. The van der Waals surface area contributed by atoms with E-state index in [0.29, 0.717) is 6.04 Å². The van der Waals surface area contributed by atoms with Crippen molar-refractivity contribution in [3.8, 4) is 0 Å². The fourth-order valence-corrected chi connectivity index (χ4v) is 3.60. The molecule has 0 bridgehead atoms. The molecular weight excluding hydrogens is 330 g/mol. The number of hydrogen-bond acceptors (Lipinski definition) is 2. The van der Waals surface area contributed by atoms with Gasteiger partial charge in [0.15, 0.2) is 0 Å². The molecule has 1 nitrogen and oxygen atoms in total. The molecule has 1 atom stereocenters. The highest BCUT2D eigenvalue weighted by molar-refractivity contribution is 9.11. The second-order valence-electron chi connectivity index (χ2n) is 5.32. The second-order valence-corrected chi connectivity index (χ2v) is 7.62. The van der Waals surface area contributed by atoms with E-state index in [4.69, 9.17) is 0 Å². The van der Waals surface area contributed by atoms with E-state index in [1.165, 1.54) is 26.0 Å². The first-order valence-electron chi connectivity index (χ1n) is 7.13. The SMILES string of the molecule is CCCNC(Cc1cc(C)ccc1C)c1csc(Br)c1. The molecule has 1 heterocycles. The van der Waals surface area contributed by atoms with Crippen molar-refractivity contribution in [2.75, 3.05) is 6.54 Å². The van der Waals surface area contributed by atoms with Crippen LogP contribution in [0.15, 0.2) is 33.4 Å². The van der Waals surface area contributed by atoms with Crippen molar-refractivity contribution < 1.29 is 0 Å². The van der Waals surface area contributed by atoms with Gasteiger partial charge in [-0.1, -0.05) is 30.7 Å². The maximum absolute atomic E-state index is 3.68. The zero-order valence-corrected chi connectivity index (χ0v) is 14.8. The molecule has 0 aliphatic carbocycles. The minimum Gasteiger partial charge on any atom is -0.310 e. The molecule has 0 spiro atoms. The lowest BCUT2D eigenvalue weighted by molar-refractivity contribution is 0.529. The van der Waals surface area contributed by atoms with E-state index < -0.39 is 0 Å². The summed E-state index contributed by atoms with van der Waals surface area (Å²) in [6, 6.07) is 9.37. The molecule has 2 aromatic rings. The lowest BCUT2D eigenvalue weighted by Gasteiger charge is -2.19. The third kappa shape index (κ3) is 4.18. The van der Waals surface area contributed by atoms with Crippen LogP contribution < -0.4 is 5.32 Å². The van der Waals surface area contributed by atoms with Gasteiger partial charge in [0.25, 0.3) is 0 Å². The van der Waals surface area contributed by atoms with Crippen LogP contribution in [0.3, 0.4) is 0 Å².